The molecule has 0 N–H and O–H groups in total. The smallest absolute Gasteiger partial charge is 0.144 e. The Morgan fingerprint density at radius 3 is 2.46 bits per heavy atom. The van der Waals surface area contributed by atoms with Crippen molar-refractivity contribution in [3.8, 4) is 22.8 Å². The summed E-state index contributed by atoms with van der Waals surface area (Å²) in [6.07, 6.45) is 8.72. The van der Waals surface area contributed by atoms with E-state index in [0.717, 1.165) is 35.9 Å². The number of benzene rings is 2. The molecule has 3 nitrogen and oxygen atoms in total. The second kappa shape index (κ2) is 8.34. The lowest BCUT2D eigenvalue weighted by atomic mass is 10.2. The first-order valence-electron chi connectivity index (χ1n) is 8.70. The molecule has 0 saturated heterocycles. The third kappa shape index (κ3) is 4.05. The van der Waals surface area contributed by atoms with Crippen molar-refractivity contribution in [3.05, 3.63) is 67.0 Å². The Bertz CT molecular complexity index is 732. The van der Waals surface area contributed by atoms with Crippen LogP contribution < -0.4 is 4.74 Å². The van der Waals surface area contributed by atoms with Crippen molar-refractivity contribution in [2.24, 2.45) is 0 Å². The largest absolute Gasteiger partial charge is 0.494 e. The number of nitrogens with zero attached hydrogens (tertiary/aromatic N) is 2. The van der Waals surface area contributed by atoms with E-state index >= 15 is 0 Å². The Morgan fingerprint density at radius 2 is 1.71 bits per heavy atom. The molecule has 0 spiro atoms. The van der Waals surface area contributed by atoms with Gasteiger partial charge in [0.2, 0.25) is 0 Å². The lowest BCUT2D eigenvalue weighted by Crippen LogP contribution is -1.99. The lowest BCUT2D eigenvalue weighted by molar-refractivity contribution is 0.305. The molecule has 3 heteroatoms. The van der Waals surface area contributed by atoms with Crippen LogP contribution in [0.5, 0.6) is 5.75 Å². The summed E-state index contributed by atoms with van der Waals surface area (Å²) in [6.45, 7) is 3.01. The first-order chi connectivity index (χ1) is 11.9. The van der Waals surface area contributed by atoms with E-state index in [4.69, 9.17) is 4.74 Å². The number of ether oxygens (including phenoxy) is 1. The highest BCUT2D eigenvalue weighted by Gasteiger charge is 2.07. The third-order valence-electron chi connectivity index (χ3n) is 4.05. The van der Waals surface area contributed by atoms with Gasteiger partial charge in [0.05, 0.1) is 6.61 Å². The van der Waals surface area contributed by atoms with Gasteiger partial charge >= 0.3 is 0 Å². The molecule has 0 amide bonds. The van der Waals surface area contributed by atoms with Crippen LogP contribution in [0.2, 0.25) is 0 Å². The average Bonchev–Trinajstić information content (AvgIpc) is 3.13. The summed E-state index contributed by atoms with van der Waals surface area (Å²) >= 11 is 0. The molecule has 2 aromatic carbocycles. The Hall–Kier alpha value is -2.55. The van der Waals surface area contributed by atoms with Crippen LogP contribution in [-0.4, -0.2) is 16.2 Å². The molecule has 0 aliphatic heterocycles. The molecule has 124 valence electrons. The Labute approximate surface area is 143 Å². The molecule has 3 rings (SSSR count). The summed E-state index contributed by atoms with van der Waals surface area (Å²) in [5.41, 5.74) is 2.20. The van der Waals surface area contributed by atoms with Gasteiger partial charge in [-0.05, 0) is 30.7 Å². The maximum absolute atomic E-state index is 5.81. The predicted molar refractivity (Wildman–Crippen MR) is 98.6 cm³/mol. The van der Waals surface area contributed by atoms with E-state index in [1.807, 2.05) is 42.7 Å². The van der Waals surface area contributed by atoms with Crippen LogP contribution in [0, 0.1) is 0 Å². The molecule has 3 aromatic rings. The van der Waals surface area contributed by atoms with Gasteiger partial charge in [-0.25, -0.2) is 4.98 Å². The van der Waals surface area contributed by atoms with E-state index in [2.05, 4.69) is 40.7 Å². The molecular weight excluding hydrogens is 296 g/mol. The van der Waals surface area contributed by atoms with Gasteiger partial charge in [0, 0.05) is 23.6 Å². The van der Waals surface area contributed by atoms with Gasteiger partial charge in [0.15, 0.2) is 0 Å². The van der Waals surface area contributed by atoms with E-state index in [1.54, 1.807) is 0 Å². The molecule has 1 heterocycles. The minimum atomic E-state index is 0.791. The van der Waals surface area contributed by atoms with Crippen LogP contribution in [-0.2, 0) is 0 Å². The molecule has 0 bridgehead atoms. The lowest BCUT2D eigenvalue weighted by Gasteiger charge is -2.10. The molecule has 0 fully saturated rings. The molecule has 0 atom stereocenters. The van der Waals surface area contributed by atoms with E-state index in [9.17, 15) is 0 Å². The monoisotopic (exact) mass is 320 g/mol. The highest BCUT2D eigenvalue weighted by Crippen LogP contribution is 2.23. The molecular formula is C21H24N2O. The van der Waals surface area contributed by atoms with E-state index in [0.29, 0.717) is 0 Å². The van der Waals surface area contributed by atoms with Crippen LogP contribution in [0.3, 0.4) is 0 Å². The number of imidazole rings is 1. The number of hydrogen-bond donors (Lipinski definition) is 0. The molecule has 0 unspecified atom stereocenters. The van der Waals surface area contributed by atoms with E-state index in [1.165, 1.54) is 19.3 Å². The van der Waals surface area contributed by atoms with Gasteiger partial charge in [-0.2, -0.15) is 0 Å². The third-order valence-corrected chi connectivity index (χ3v) is 4.05. The Morgan fingerprint density at radius 1 is 0.917 bits per heavy atom. The number of rotatable bonds is 8. The van der Waals surface area contributed by atoms with Crippen molar-refractivity contribution in [2.45, 2.75) is 32.6 Å². The average molecular weight is 320 g/mol. The fraction of sp³-hybridized carbons (Fsp3) is 0.286. The fourth-order valence-corrected chi connectivity index (χ4v) is 2.73. The number of hydrogen-bond acceptors (Lipinski definition) is 2. The SMILES string of the molecule is CCCCCCOc1ccc(-n2ccnc2-c2ccccc2)cc1. The fourth-order valence-electron chi connectivity index (χ4n) is 2.73. The van der Waals surface area contributed by atoms with Crippen molar-refractivity contribution in [2.75, 3.05) is 6.61 Å². The summed E-state index contributed by atoms with van der Waals surface area (Å²) in [6, 6.07) is 18.5. The maximum atomic E-state index is 5.81. The molecule has 0 aliphatic rings. The zero-order chi connectivity index (χ0) is 16.6. The van der Waals surface area contributed by atoms with Crippen LogP contribution in [0.25, 0.3) is 17.1 Å². The van der Waals surface area contributed by atoms with Gasteiger partial charge in [0.25, 0.3) is 0 Å². The summed E-state index contributed by atoms with van der Waals surface area (Å²) in [4.78, 5) is 4.50. The molecule has 24 heavy (non-hydrogen) atoms. The van der Waals surface area contributed by atoms with Gasteiger partial charge in [0.1, 0.15) is 11.6 Å². The molecule has 0 radical (unpaired) electrons. The minimum absolute atomic E-state index is 0.791. The zero-order valence-corrected chi connectivity index (χ0v) is 14.2. The van der Waals surface area contributed by atoms with Crippen LogP contribution in [0.4, 0.5) is 0 Å². The van der Waals surface area contributed by atoms with Gasteiger partial charge in [-0.1, -0.05) is 56.5 Å². The quantitative estimate of drug-likeness (QED) is 0.513. The van der Waals surface area contributed by atoms with Gasteiger partial charge < -0.3 is 4.74 Å². The Kier molecular flexibility index (Phi) is 5.67. The van der Waals surface area contributed by atoms with Crippen molar-refractivity contribution in [1.82, 2.24) is 9.55 Å². The second-order valence-corrected chi connectivity index (χ2v) is 5.89. The van der Waals surface area contributed by atoms with Crippen molar-refractivity contribution < 1.29 is 4.74 Å². The van der Waals surface area contributed by atoms with Crippen molar-refractivity contribution >= 4 is 0 Å². The normalized spacial score (nSPS) is 10.7. The molecule has 0 aliphatic carbocycles. The summed E-state index contributed by atoms with van der Waals surface area (Å²) in [5, 5.41) is 0. The highest BCUT2D eigenvalue weighted by atomic mass is 16.5. The first-order valence-corrected chi connectivity index (χ1v) is 8.70. The zero-order valence-electron chi connectivity index (χ0n) is 14.2. The predicted octanol–water partition coefficient (Wildman–Crippen LogP) is 5.50. The maximum Gasteiger partial charge on any atom is 0.144 e. The summed E-state index contributed by atoms with van der Waals surface area (Å²) in [5.74, 6) is 1.88. The van der Waals surface area contributed by atoms with Crippen molar-refractivity contribution in [1.29, 1.82) is 0 Å². The Balaban J connectivity index is 1.67. The summed E-state index contributed by atoms with van der Waals surface area (Å²) in [7, 11) is 0. The topological polar surface area (TPSA) is 27.1 Å². The van der Waals surface area contributed by atoms with E-state index in [-0.39, 0.29) is 0 Å². The summed E-state index contributed by atoms with van der Waals surface area (Å²) < 4.78 is 7.91. The molecule has 1 aromatic heterocycles. The van der Waals surface area contributed by atoms with Crippen LogP contribution in [0.15, 0.2) is 67.0 Å². The van der Waals surface area contributed by atoms with Crippen molar-refractivity contribution in [3.63, 3.8) is 0 Å². The second-order valence-electron chi connectivity index (χ2n) is 5.89. The number of aromatic nitrogens is 2. The van der Waals surface area contributed by atoms with Gasteiger partial charge in [-0.3, -0.25) is 4.57 Å². The number of unbranched alkanes of at least 4 members (excludes halogenated alkanes) is 3. The van der Waals surface area contributed by atoms with E-state index < -0.39 is 0 Å². The molecule has 0 saturated carbocycles. The van der Waals surface area contributed by atoms with Crippen LogP contribution in [0.1, 0.15) is 32.6 Å². The standard InChI is InChI=1S/C21H24N2O/c1-2-3-4-8-17-24-20-13-11-19(12-14-20)23-16-15-22-21(23)18-9-6-5-7-10-18/h5-7,9-16H,2-4,8,17H2,1H3. The highest BCUT2D eigenvalue weighted by molar-refractivity contribution is 5.58. The van der Waals surface area contributed by atoms with Crippen LogP contribution >= 0.6 is 0 Å². The first kappa shape index (κ1) is 16.3. The van der Waals surface area contributed by atoms with Gasteiger partial charge in [-0.15, -0.1) is 0 Å². The minimum Gasteiger partial charge on any atom is -0.494 e.